The molecule has 1 unspecified atom stereocenters. The highest BCUT2D eigenvalue weighted by Gasteiger charge is 2.42. The zero-order valence-electron chi connectivity index (χ0n) is 23.6. The van der Waals surface area contributed by atoms with Gasteiger partial charge in [0.25, 0.3) is 11.8 Å². The van der Waals surface area contributed by atoms with Gasteiger partial charge in [0.2, 0.25) is 0 Å². The highest BCUT2D eigenvalue weighted by atomic mass is 32.2. The van der Waals surface area contributed by atoms with Crippen molar-refractivity contribution in [1.82, 2.24) is 24.8 Å². The predicted octanol–water partition coefficient (Wildman–Crippen LogP) is 4.67. The number of halogens is 3. The lowest BCUT2D eigenvalue weighted by molar-refractivity contribution is -0.356. The van der Waals surface area contributed by atoms with Crippen LogP contribution in [-0.2, 0) is 9.53 Å². The van der Waals surface area contributed by atoms with E-state index in [-0.39, 0.29) is 30.4 Å². The van der Waals surface area contributed by atoms with Crippen molar-refractivity contribution in [3.05, 3.63) is 34.8 Å². The molecule has 1 aliphatic carbocycles. The number of ether oxygens (including phenoxy) is 1. The molecule has 222 valence electrons. The number of amides is 2. The van der Waals surface area contributed by atoms with Crippen LogP contribution in [-0.4, -0.2) is 81.4 Å². The number of dihydropyridines is 1. The number of hydrogen-bond donors (Lipinski definition) is 1. The average Bonchev–Trinajstić information content (AvgIpc) is 3.20. The summed E-state index contributed by atoms with van der Waals surface area (Å²) in [6.07, 6.45) is 5.19. The molecule has 2 aromatic rings. The van der Waals surface area contributed by atoms with E-state index in [9.17, 15) is 22.8 Å². The molecule has 1 saturated carbocycles. The number of aromatic nitrogens is 3. The van der Waals surface area contributed by atoms with Gasteiger partial charge in [0.15, 0.2) is 0 Å². The molecule has 41 heavy (non-hydrogen) atoms. The maximum atomic E-state index is 13.5. The van der Waals surface area contributed by atoms with Gasteiger partial charge in [-0.3, -0.25) is 19.2 Å². The molecule has 1 N–H and O–H groups in total. The molecule has 2 atom stereocenters. The Balaban J connectivity index is 1.26. The molecule has 0 bridgehead atoms. The molecule has 13 heteroatoms. The van der Waals surface area contributed by atoms with E-state index in [4.69, 9.17) is 0 Å². The fourth-order valence-corrected chi connectivity index (χ4v) is 7.28. The van der Waals surface area contributed by atoms with Crippen molar-refractivity contribution >= 4 is 40.3 Å². The number of carbonyl (C=O) groups excluding carboxylic acids is 2. The van der Waals surface area contributed by atoms with Gasteiger partial charge in [-0.1, -0.05) is 0 Å². The van der Waals surface area contributed by atoms with E-state index in [1.165, 1.54) is 18.1 Å². The first kappa shape index (κ1) is 29.7. The fourth-order valence-electron chi connectivity index (χ4n) is 6.53. The minimum absolute atomic E-state index is 0.0517. The second-order valence-corrected chi connectivity index (χ2v) is 12.0. The van der Waals surface area contributed by atoms with Crippen molar-refractivity contribution in [1.29, 1.82) is 0 Å². The first-order chi connectivity index (χ1) is 19.5. The van der Waals surface area contributed by atoms with Crippen molar-refractivity contribution < 1.29 is 27.5 Å². The third-order valence-electron chi connectivity index (χ3n) is 8.64. The summed E-state index contributed by atoms with van der Waals surface area (Å²) in [6, 6.07) is 0.310. The minimum atomic E-state index is -4.59. The van der Waals surface area contributed by atoms with Gasteiger partial charge in [0.05, 0.1) is 23.0 Å². The Labute approximate surface area is 241 Å². The van der Waals surface area contributed by atoms with E-state index in [1.54, 1.807) is 13.1 Å². The number of fused-ring (bicyclic) bond motifs is 1. The second-order valence-electron chi connectivity index (χ2n) is 11.1. The van der Waals surface area contributed by atoms with Crippen LogP contribution in [0, 0.1) is 18.8 Å². The number of carbonyl (C=O) groups is 2. The Hall–Kier alpha value is -2.77. The van der Waals surface area contributed by atoms with Crippen LogP contribution in [0.4, 0.5) is 13.2 Å². The molecule has 5 rings (SSSR count). The quantitative estimate of drug-likeness (QED) is 0.475. The van der Waals surface area contributed by atoms with Crippen molar-refractivity contribution in [2.75, 3.05) is 25.9 Å². The molecule has 0 spiro atoms. The van der Waals surface area contributed by atoms with Gasteiger partial charge in [0, 0.05) is 54.2 Å². The number of alkyl halides is 3. The Kier molecular flexibility index (Phi) is 8.58. The zero-order valence-corrected chi connectivity index (χ0v) is 24.4. The largest absolute Gasteiger partial charge is 0.522 e. The van der Waals surface area contributed by atoms with Gasteiger partial charge in [-0.25, -0.2) is 15.0 Å². The molecule has 1 saturated heterocycles. The Morgan fingerprint density at radius 2 is 1.93 bits per heavy atom. The SMILES string of the molecule is CSC1=CC(C)=NC(=O)C1CNC(=O)c1c(C)n([C@H](C)C2CCC(N3CC(OC(F)(F)F)C3)CC2)c2ncncc12. The summed E-state index contributed by atoms with van der Waals surface area (Å²) in [4.78, 5) is 41.8. The van der Waals surface area contributed by atoms with E-state index in [2.05, 4.69) is 41.4 Å². The molecule has 2 aliphatic heterocycles. The van der Waals surface area contributed by atoms with Crippen molar-refractivity contribution in [2.24, 2.45) is 16.8 Å². The van der Waals surface area contributed by atoms with Crippen LogP contribution in [0.5, 0.6) is 0 Å². The van der Waals surface area contributed by atoms with Crippen LogP contribution >= 0.6 is 11.8 Å². The lowest BCUT2D eigenvalue weighted by Gasteiger charge is -2.46. The summed E-state index contributed by atoms with van der Waals surface area (Å²) >= 11 is 1.48. The molecule has 2 fully saturated rings. The van der Waals surface area contributed by atoms with E-state index in [0.717, 1.165) is 36.3 Å². The number of nitrogens with one attached hydrogen (secondary N) is 1. The summed E-state index contributed by atoms with van der Waals surface area (Å²) in [5.74, 6) is -0.739. The topological polar surface area (TPSA) is 102 Å². The number of aliphatic imine (C=N–C) groups is 1. The lowest BCUT2D eigenvalue weighted by Crippen LogP contribution is -2.58. The van der Waals surface area contributed by atoms with Crippen molar-refractivity contribution in [3.8, 4) is 0 Å². The van der Waals surface area contributed by atoms with Gasteiger partial charge in [0.1, 0.15) is 12.0 Å². The molecule has 0 aromatic carbocycles. The average molecular weight is 593 g/mol. The normalized spacial score (nSPS) is 25.0. The van der Waals surface area contributed by atoms with Gasteiger partial charge >= 0.3 is 6.36 Å². The number of hydrogen-bond acceptors (Lipinski definition) is 7. The van der Waals surface area contributed by atoms with Gasteiger partial charge < -0.3 is 9.88 Å². The predicted molar refractivity (Wildman–Crippen MR) is 151 cm³/mol. The first-order valence-electron chi connectivity index (χ1n) is 13.9. The molecular formula is C28H35F3N6O3S. The number of rotatable bonds is 8. The highest BCUT2D eigenvalue weighted by Crippen LogP contribution is 2.39. The molecule has 2 aromatic heterocycles. The third kappa shape index (κ3) is 6.21. The third-order valence-corrected chi connectivity index (χ3v) is 9.52. The zero-order chi connectivity index (χ0) is 29.5. The van der Waals surface area contributed by atoms with Gasteiger partial charge in [-0.05, 0) is 64.7 Å². The van der Waals surface area contributed by atoms with Gasteiger partial charge in [-0.2, -0.15) is 0 Å². The number of thioether (sulfide) groups is 1. The fraction of sp³-hybridized carbons (Fsp3) is 0.607. The Morgan fingerprint density at radius 3 is 2.59 bits per heavy atom. The van der Waals surface area contributed by atoms with Crippen LogP contribution in [0.2, 0.25) is 0 Å². The van der Waals surface area contributed by atoms with Crippen molar-refractivity contribution in [2.45, 2.75) is 71.0 Å². The number of allylic oxidation sites excluding steroid dienone is 1. The Bertz CT molecular complexity index is 1380. The van der Waals surface area contributed by atoms with Crippen LogP contribution in [0.1, 0.15) is 61.6 Å². The van der Waals surface area contributed by atoms with Crippen LogP contribution in [0.15, 0.2) is 28.5 Å². The summed E-state index contributed by atoms with van der Waals surface area (Å²) in [5.41, 5.74) is 2.62. The number of nitrogens with zero attached hydrogens (tertiary/aromatic N) is 5. The van der Waals surface area contributed by atoms with E-state index >= 15 is 0 Å². The minimum Gasteiger partial charge on any atom is -0.351 e. The van der Waals surface area contributed by atoms with Crippen LogP contribution in [0.3, 0.4) is 0 Å². The maximum Gasteiger partial charge on any atom is 0.522 e. The molecule has 4 heterocycles. The smallest absolute Gasteiger partial charge is 0.351 e. The Morgan fingerprint density at radius 1 is 1.22 bits per heavy atom. The second kappa shape index (κ2) is 11.8. The van der Waals surface area contributed by atoms with Gasteiger partial charge in [-0.15, -0.1) is 24.9 Å². The number of likely N-dealkylation sites (tertiary alicyclic amines) is 1. The highest BCUT2D eigenvalue weighted by molar-refractivity contribution is 8.02. The molecule has 2 amide bonds. The van der Waals surface area contributed by atoms with E-state index in [1.807, 2.05) is 19.3 Å². The summed E-state index contributed by atoms with van der Waals surface area (Å²) in [6.45, 7) is 6.59. The van der Waals surface area contributed by atoms with E-state index in [0.29, 0.717) is 41.3 Å². The maximum absolute atomic E-state index is 13.5. The standard InChI is InChI=1S/C28H35F3N6O3S/c1-15-9-23(41-4)21(26(38)35-15)11-33-27(39)24-17(3)37(25-22(24)10-32-14-34-25)16(2)18-5-7-19(8-6-18)36-12-20(13-36)40-28(29,30)31/h9-10,14,16,18-21H,5-8,11-13H2,1-4H3,(H,33,39)/t16-,18?,19?,21?/m1/s1. The summed E-state index contributed by atoms with van der Waals surface area (Å²) < 4.78 is 43.7. The van der Waals surface area contributed by atoms with E-state index < -0.39 is 18.4 Å². The summed E-state index contributed by atoms with van der Waals surface area (Å²) in [7, 11) is 0. The molecular weight excluding hydrogens is 557 g/mol. The van der Waals surface area contributed by atoms with Crippen LogP contribution < -0.4 is 5.32 Å². The first-order valence-corrected chi connectivity index (χ1v) is 15.1. The van der Waals surface area contributed by atoms with Crippen molar-refractivity contribution in [3.63, 3.8) is 0 Å². The van der Waals surface area contributed by atoms with Crippen LogP contribution in [0.25, 0.3) is 11.0 Å². The summed E-state index contributed by atoms with van der Waals surface area (Å²) in [5, 5.41) is 3.61. The molecule has 3 aliphatic rings. The monoisotopic (exact) mass is 592 g/mol. The molecule has 0 radical (unpaired) electrons. The molecule has 9 nitrogen and oxygen atoms in total. The lowest BCUT2D eigenvalue weighted by atomic mass is 9.80.